The van der Waals surface area contributed by atoms with Crippen LogP contribution in [-0.2, 0) is 0 Å². The summed E-state index contributed by atoms with van der Waals surface area (Å²) in [5.41, 5.74) is -0.128. The van der Waals surface area contributed by atoms with Crippen LogP contribution < -0.4 is 5.32 Å². The molecular weight excluding hydrogens is 263 g/mol. The number of carboxylic acid groups (broad SMARTS) is 1. The summed E-state index contributed by atoms with van der Waals surface area (Å²) in [4.78, 5) is 24.9. The molecule has 1 fully saturated rings. The summed E-state index contributed by atoms with van der Waals surface area (Å²) in [6.07, 6.45) is 2.72. The zero-order valence-electron chi connectivity index (χ0n) is 11.2. The second kappa shape index (κ2) is 5.90. The summed E-state index contributed by atoms with van der Waals surface area (Å²) in [6.45, 7) is 2.64. The highest BCUT2D eigenvalue weighted by molar-refractivity contribution is 6.00. The van der Waals surface area contributed by atoms with Gasteiger partial charge in [0.25, 0.3) is 0 Å². The van der Waals surface area contributed by atoms with Gasteiger partial charge in [0.1, 0.15) is 5.82 Å². The molecule has 108 valence electrons. The molecule has 0 spiro atoms. The van der Waals surface area contributed by atoms with Gasteiger partial charge < -0.3 is 15.3 Å². The summed E-state index contributed by atoms with van der Waals surface area (Å²) in [6, 6.07) is 3.02. The lowest BCUT2D eigenvalue weighted by Crippen LogP contribution is -2.38. The number of nitrogens with one attached hydrogen (secondary N) is 1. The largest absolute Gasteiger partial charge is 0.478 e. The molecule has 0 bridgehead atoms. The number of hydrogen-bond donors (Lipinski definition) is 2. The smallest absolute Gasteiger partial charge is 0.337 e. The molecule has 2 amide bonds. The fourth-order valence-electron chi connectivity index (χ4n) is 2.52. The SMILES string of the molecule is CCC1CCCN1C(=O)Nc1cc(F)ccc1C(=O)O. The lowest BCUT2D eigenvalue weighted by atomic mass is 10.1. The van der Waals surface area contributed by atoms with Gasteiger partial charge in [0.2, 0.25) is 0 Å². The molecule has 0 radical (unpaired) electrons. The topological polar surface area (TPSA) is 69.6 Å². The van der Waals surface area contributed by atoms with Crippen molar-refractivity contribution in [2.45, 2.75) is 32.2 Å². The number of carbonyl (C=O) groups is 2. The number of likely N-dealkylation sites (tertiary alicyclic amines) is 1. The fraction of sp³-hybridized carbons (Fsp3) is 0.429. The van der Waals surface area contributed by atoms with Gasteiger partial charge in [-0.05, 0) is 37.5 Å². The molecule has 1 aliphatic heterocycles. The van der Waals surface area contributed by atoms with Crippen LogP contribution in [0.1, 0.15) is 36.5 Å². The van der Waals surface area contributed by atoms with E-state index in [2.05, 4.69) is 5.32 Å². The van der Waals surface area contributed by atoms with Gasteiger partial charge >= 0.3 is 12.0 Å². The molecular formula is C14H17FN2O3. The van der Waals surface area contributed by atoms with E-state index >= 15 is 0 Å². The van der Waals surface area contributed by atoms with Crippen molar-refractivity contribution >= 4 is 17.7 Å². The van der Waals surface area contributed by atoms with Gasteiger partial charge in [0.05, 0.1) is 11.3 Å². The minimum absolute atomic E-state index is 0.00995. The number of nitrogens with zero attached hydrogens (tertiary/aromatic N) is 1. The van der Waals surface area contributed by atoms with Crippen molar-refractivity contribution in [1.29, 1.82) is 0 Å². The summed E-state index contributed by atoms with van der Waals surface area (Å²) >= 11 is 0. The Balaban J connectivity index is 2.19. The molecule has 2 rings (SSSR count). The van der Waals surface area contributed by atoms with Gasteiger partial charge in [-0.1, -0.05) is 6.92 Å². The molecule has 1 unspecified atom stereocenters. The third-order valence-electron chi connectivity index (χ3n) is 3.56. The second-order valence-electron chi connectivity index (χ2n) is 4.82. The number of urea groups is 1. The number of aromatic carboxylic acids is 1. The molecule has 1 aliphatic rings. The summed E-state index contributed by atoms with van der Waals surface area (Å²) < 4.78 is 13.2. The maximum atomic E-state index is 13.2. The third kappa shape index (κ3) is 2.89. The molecule has 2 N–H and O–H groups in total. The van der Waals surface area contributed by atoms with Crippen molar-refractivity contribution in [3.63, 3.8) is 0 Å². The van der Waals surface area contributed by atoms with Crippen molar-refractivity contribution in [1.82, 2.24) is 4.90 Å². The number of carbonyl (C=O) groups excluding carboxylic acids is 1. The Labute approximate surface area is 116 Å². The van der Waals surface area contributed by atoms with Crippen LogP contribution in [0.3, 0.4) is 0 Å². The van der Waals surface area contributed by atoms with Gasteiger partial charge in [-0.2, -0.15) is 0 Å². The quantitative estimate of drug-likeness (QED) is 0.894. The van der Waals surface area contributed by atoms with E-state index in [9.17, 15) is 14.0 Å². The Hall–Kier alpha value is -2.11. The monoisotopic (exact) mass is 280 g/mol. The summed E-state index contributed by atoms with van der Waals surface area (Å²) in [5.74, 6) is -1.78. The third-order valence-corrected chi connectivity index (χ3v) is 3.56. The Morgan fingerprint density at radius 2 is 2.25 bits per heavy atom. The molecule has 1 aromatic carbocycles. The highest BCUT2D eigenvalue weighted by Gasteiger charge is 2.28. The number of hydrogen-bond acceptors (Lipinski definition) is 2. The van der Waals surface area contributed by atoms with Crippen molar-refractivity contribution in [2.24, 2.45) is 0 Å². The number of benzene rings is 1. The molecule has 1 saturated heterocycles. The maximum Gasteiger partial charge on any atom is 0.337 e. The lowest BCUT2D eigenvalue weighted by molar-refractivity contribution is 0.0698. The minimum atomic E-state index is -1.20. The van der Waals surface area contributed by atoms with Crippen molar-refractivity contribution < 1.29 is 19.1 Å². The van der Waals surface area contributed by atoms with E-state index in [1.54, 1.807) is 4.90 Å². The molecule has 20 heavy (non-hydrogen) atoms. The molecule has 0 aromatic heterocycles. The van der Waals surface area contributed by atoms with E-state index in [1.807, 2.05) is 6.92 Å². The van der Waals surface area contributed by atoms with E-state index < -0.39 is 11.8 Å². The van der Waals surface area contributed by atoms with Crippen LogP contribution in [0.4, 0.5) is 14.9 Å². The number of amides is 2. The molecule has 1 heterocycles. The Bertz CT molecular complexity index is 533. The standard InChI is InChI=1S/C14H17FN2O3/c1-2-10-4-3-7-17(10)14(20)16-12-8-9(15)5-6-11(12)13(18)19/h5-6,8,10H,2-4,7H2,1H3,(H,16,20)(H,18,19). The van der Waals surface area contributed by atoms with Gasteiger partial charge in [0.15, 0.2) is 0 Å². The van der Waals surface area contributed by atoms with Crippen LogP contribution in [0.25, 0.3) is 0 Å². The van der Waals surface area contributed by atoms with Gasteiger partial charge in [-0.25, -0.2) is 14.0 Å². The molecule has 5 nitrogen and oxygen atoms in total. The van der Waals surface area contributed by atoms with E-state index in [0.29, 0.717) is 6.54 Å². The fourth-order valence-corrected chi connectivity index (χ4v) is 2.52. The van der Waals surface area contributed by atoms with Crippen molar-refractivity contribution in [3.8, 4) is 0 Å². The van der Waals surface area contributed by atoms with Crippen LogP contribution in [-0.4, -0.2) is 34.6 Å². The first-order valence-corrected chi connectivity index (χ1v) is 6.63. The van der Waals surface area contributed by atoms with Crippen LogP contribution in [0.5, 0.6) is 0 Å². The zero-order valence-corrected chi connectivity index (χ0v) is 11.2. The van der Waals surface area contributed by atoms with E-state index in [0.717, 1.165) is 37.5 Å². The highest BCUT2D eigenvalue weighted by Crippen LogP contribution is 2.23. The Morgan fingerprint density at radius 3 is 2.90 bits per heavy atom. The number of carboxylic acids is 1. The normalized spacial score (nSPS) is 18.1. The van der Waals surface area contributed by atoms with E-state index in [1.165, 1.54) is 0 Å². The lowest BCUT2D eigenvalue weighted by Gasteiger charge is -2.24. The van der Waals surface area contributed by atoms with E-state index in [-0.39, 0.29) is 23.3 Å². The van der Waals surface area contributed by atoms with Crippen LogP contribution in [0.15, 0.2) is 18.2 Å². The highest BCUT2D eigenvalue weighted by atomic mass is 19.1. The zero-order chi connectivity index (χ0) is 14.7. The van der Waals surface area contributed by atoms with Crippen molar-refractivity contribution in [3.05, 3.63) is 29.6 Å². The average molecular weight is 280 g/mol. The first kappa shape index (κ1) is 14.3. The molecule has 6 heteroatoms. The predicted octanol–water partition coefficient (Wildman–Crippen LogP) is 2.93. The molecule has 1 aromatic rings. The Kier molecular flexibility index (Phi) is 4.22. The van der Waals surface area contributed by atoms with Gasteiger partial charge in [-0.3, -0.25) is 0 Å². The number of anilines is 1. The summed E-state index contributed by atoms with van der Waals surface area (Å²) in [5, 5.41) is 11.6. The number of halogens is 1. The first-order valence-electron chi connectivity index (χ1n) is 6.63. The maximum absolute atomic E-state index is 13.2. The Morgan fingerprint density at radius 1 is 1.50 bits per heavy atom. The number of rotatable bonds is 3. The first-order chi connectivity index (χ1) is 9.52. The van der Waals surface area contributed by atoms with E-state index in [4.69, 9.17) is 5.11 Å². The molecule has 1 atom stereocenters. The van der Waals surface area contributed by atoms with Crippen LogP contribution in [0, 0.1) is 5.82 Å². The van der Waals surface area contributed by atoms with Crippen LogP contribution >= 0.6 is 0 Å². The van der Waals surface area contributed by atoms with Crippen LogP contribution in [0.2, 0.25) is 0 Å². The minimum Gasteiger partial charge on any atom is -0.478 e. The predicted molar refractivity (Wildman–Crippen MR) is 72.4 cm³/mol. The molecule has 0 saturated carbocycles. The van der Waals surface area contributed by atoms with Crippen molar-refractivity contribution in [2.75, 3.05) is 11.9 Å². The summed E-state index contributed by atoms with van der Waals surface area (Å²) in [7, 11) is 0. The molecule has 0 aliphatic carbocycles. The van der Waals surface area contributed by atoms with Gasteiger partial charge in [-0.15, -0.1) is 0 Å². The second-order valence-corrected chi connectivity index (χ2v) is 4.82. The average Bonchev–Trinajstić information content (AvgIpc) is 2.86. The van der Waals surface area contributed by atoms with Gasteiger partial charge in [0, 0.05) is 12.6 Å².